The number of benzene rings is 1. The summed E-state index contributed by atoms with van der Waals surface area (Å²) in [4.78, 5) is 15.5. The Kier molecular flexibility index (Phi) is 4.11. The first-order chi connectivity index (χ1) is 9.06. The number of nitrogen functional groups attached to an aromatic ring is 1. The molecule has 2 aromatic rings. The normalized spacial score (nSPS) is 10.2. The second-order valence-corrected chi connectivity index (χ2v) is 4.70. The van der Waals surface area contributed by atoms with Crippen LogP contribution < -0.4 is 5.73 Å². The van der Waals surface area contributed by atoms with E-state index in [4.69, 9.17) is 10.5 Å². The van der Waals surface area contributed by atoms with Crippen LogP contribution in [0.5, 0.6) is 0 Å². The highest BCUT2D eigenvalue weighted by Crippen LogP contribution is 2.16. The van der Waals surface area contributed by atoms with Gasteiger partial charge in [0, 0.05) is 10.0 Å². The molecule has 0 atom stereocenters. The largest absolute Gasteiger partial charge is 0.456 e. The summed E-state index contributed by atoms with van der Waals surface area (Å²) in [7, 11) is 0. The van der Waals surface area contributed by atoms with Crippen LogP contribution in [0.2, 0.25) is 0 Å². The SMILES string of the molecule is Nc1ccc(C(=O)OCc2ccc(Br)cc2F)nc1. The Balaban J connectivity index is 2.02. The van der Waals surface area contributed by atoms with Crippen molar-refractivity contribution in [1.82, 2.24) is 4.98 Å². The molecule has 19 heavy (non-hydrogen) atoms. The number of ether oxygens (including phenoxy) is 1. The first-order valence-corrected chi connectivity index (χ1v) is 6.18. The fourth-order valence-electron chi connectivity index (χ4n) is 1.38. The van der Waals surface area contributed by atoms with Crippen molar-refractivity contribution < 1.29 is 13.9 Å². The van der Waals surface area contributed by atoms with Gasteiger partial charge in [0.05, 0.1) is 11.9 Å². The van der Waals surface area contributed by atoms with E-state index in [0.717, 1.165) is 0 Å². The number of nitrogens with zero attached hydrogens (tertiary/aromatic N) is 1. The van der Waals surface area contributed by atoms with Gasteiger partial charge in [-0.1, -0.05) is 22.0 Å². The maximum atomic E-state index is 13.5. The number of carbonyl (C=O) groups excluding carboxylic acids is 1. The molecule has 0 aliphatic carbocycles. The average molecular weight is 325 g/mol. The van der Waals surface area contributed by atoms with Crippen molar-refractivity contribution >= 4 is 27.6 Å². The molecule has 2 rings (SSSR count). The lowest BCUT2D eigenvalue weighted by Gasteiger charge is -2.06. The van der Waals surface area contributed by atoms with Crippen molar-refractivity contribution in [1.29, 1.82) is 0 Å². The van der Waals surface area contributed by atoms with Crippen LogP contribution in [0.1, 0.15) is 16.1 Å². The van der Waals surface area contributed by atoms with Crippen molar-refractivity contribution in [2.45, 2.75) is 6.61 Å². The standard InChI is InChI=1S/C13H10BrFN2O2/c14-9-2-1-8(11(15)5-9)7-19-13(18)12-4-3-10(16)6-17-12/h1-6H,7,16H2. The molecule has 4 nitrogen and oxygen atoms in total. The highest BCUT2D eigenvalue weighted by molar-refractivity contribution is 9.10. The van der Waals surface area contributed by atoms with Crippen molar-refractivity contribution in [3.63, 3.8) is 0 Å². The molecule has 0 saturated heterocycles. The quantitative estimate of drug-likeness (QED) is 0.881. The van der Waals surface area contributed by atoms with Gasteiger partial charge in [-0.3, -0.25) is 0 Å². The summed E-state index contributed by atoms with van der Waals surface area (Å²) in [5, 5.41) is 0. The molecule has 2 N–H and O–H groups in total. The molecule has 0 amide bonds. The number of pyridine rings is 1. The third kappa shape index (κ3) is 3.51. The third-order valence-electron chi connectivity index (χ3n) is 2.37. The van der Waals surface area contributed by atoms with Gasteiger partial charge in [-0.05, 0) is 24.3 Å². The van der Waals surface area contributed by atoms with E-state index in [1.54, 1.807) is 18.2 Å². The highest BCUT2D eigenvalue weighted by atomic mass is 79.9. The first-order valence-electron chi connectivity index (χ1n) is 5.39. The second kappa shape index (κ2) is 5.79. The molecular weight excluding hydrogens is 315 g/mol. The average Bonchev–Trinajstić information content (AvgIpc) is 2.38. The highest BCUT2D eigenvalue weighted by Gasteiger charge is 2.10. The number of carbonyl (C=O) groups is 1. The summed E-state index contributed by atoms with van der Waals surface area (Å²) in [5.74, 6) is -1.06. The lowest BCUT2D eigenvalue weighted by molar-refractivity contribution is 0.0462. The number of rotatable bonds is 3. The summed E-state index contributed by atoms with van der Waals surface area (Å²) in [6.07, 6.45) is 1.36. The Morgan fingerprint density at radius 1 is 1.37 bits per heavy atom. The van der Waals surface area contributed by atoms with Crippen LogP contribution in [0.25, 0.3) is 0 Å². The topological polar surface area (TPSA) is 65.2 Å². The van der Waals surface area contributed by atoms with E-state index in [9.17, 15) is 9.18 Å². The van der Waals surface area contributed by atoms with Crippen LogP contribution in [0.3, 0.4) is 0 Å². The zero-order chi connectivity index (χ0) is 13.8. The molecule has 0 bridgehead atoms. The van der Waals surface area contributed by atoms with E-state index in [2.05, 4.69) is 20.9 Å². The van der Waals surface area contributed by atoms with Gasteiger partial charge in [-0.15, -0.1) is 0 Å². The molecule has 0 saturated carbocycles. The minimum absolute atomic E-state index is 0.131. The molecule has 1 aromatic heterocycles. The number of anilines is 1. The van der Waals surface area contributed by atoms with Gasteiger partial charge >= 0.3 is 5.97 Å². The number of hydrogen-bond acceptors (Lipinski definition) is 4. The smallest absolute Gasteiger partial charge is 0.357 e. The Labute approximate surface area is 117 Å². The molecule has 0 aliphatic heterocycles. The van der Waals surface area contributed by atoms with E-state index in [1.807, 2.05) is 0 Å². The van der Waals surface area contributed by atoms with Crippen LogP contribution in [-0.2, 0) is 11.3 Å². The predicted octanol–water partition coefficient (Wildman–Crippen LogP) is 2.92. The molecule has 0 radical (unpaired) electrons. The summed E-state index contributed by atoms with van der Waals surface area (Å²) < 4.78 is 19.1. The molecule has 0 unspecified atom stereocenters. The van der Waals surface area contributed by atoms with E-state index >= 15 is 0 Å². The number of aromatic nitrogens is 1. The summed E-state index contributed by atoms with van der Waals surface area (Å²) in [5.41, 5.74) is 6.34. The fourth-order valence-corrected chi connectivity index (χ4v) is 1.72. The molecule has 6 heteroatoms. The van der Waals surface area contributed by atoms with E-state index in [1.165, 1.54) is 18.3 Å². The maximum absolute atomic E-state index is 13.5. The molecular formula is C13H10BrFN2O2. The van der Waals surface area contributed by atoms with E-state index in [-0.39, 0.29) is 12.3 Å². The van der Waals surface area contributed by atoms with E-state index < -0.39 is 11.8 Å². The van der Waals surface area contributed by atoms with Crippen molar-refractivity contribution in [2.24, 2.45) is 0 Å². The summed E-state index contributed by atoms with van der Waals surface area (Å²) in [6, 6.07) is 7.53. The Bertz CT molecular complexity index is 602. The van der Waals surface area contributed by atoms with Gasteiger partial charge in [0.2, 0.25) is 0 Å². The van der Waals surface area contributed by atoms with Crippen molar-refractivity contribution in [2.75, 3.05) is 5.73 Å². The molecule has 98 valence electrons. The van der Waals surface area contributed by atoms with Crippen molar-refractivity contribution in [3.05, 3.63) is 58.1 Å². The minimum Gasteiger partial charge on any atom is -0.456 e. The maximum Gasteiger partial charge on any atom is 0.357 e. The van der Waals surface area contributed by atoms with Gasteiger partial charge in [-0.2, -0.15) is 0 Å². The van der Waals surface area contributed by atoms with Gasteiger partial charge < -0.3 is 10.5 Å². The third-order valence-corrected chi connectivity index (χ3v) is 2.86. The number of hydrogen-bond donors (Lipinski definition) is 1. The van der Waals surface area contributed by atoms with Crippen LogP contribution in [0.15, 0.2) is 41.0 Å². The molecule has 1 heterocycles. The Morgan fingerprint density at radius 2 is 2.16 bits per heavy atom. The van der Waals surface area contributed by atoms with Crippen LogP contribution in [-0.4, -0.2) is 11.0 Å². The fraction of sp³-hybridized carbons (Fsp3) is 0.0769. The predicted molar refractivity (Wildman–Crippen MR) is 71.9 cm³/mol. The lowest BCUT2D eigenvalue weighted by atomic mass is 10.2. The second-order valence-electron chi connectivity index (χ2n) is 3.79. The van der Waals surface area contributed by atoms with Gasteiger partial charge in [0.25, 0.3) is 0 Å². The van der Waals surface area contributed by atoms with E-state index in [0.29, 0.717) is 15.7 Å². The van der Waals surface area contributed by atoms with Gasteiger partial charge in [-0.25, -0.2) is 14.2 Å². The molecule has 0 aliphatic rings. The summed E-state index contributed by atoms with van der Waals surface area (Å²) in [6.45, 7) is -0.149. The van der Waals surface area contributed by atoms with Crippen LogP contribution in [0.4, 0.5) is 10.1 Å². The number of esters is 1. The lowest BCUT2D eigenvalue weighted by Crippen LogP contribution is -2.08. The Hall–Kier alpha value is -1.95. The molecule has 0 spiro atoms. The van der Waals surface area contributed by atoms with Crippen molar-refractivity contribution in [3.8, 4) is 0 Å². The zero-order valence-corrected chi connectivity index (χ0v) is 11.4. The number of nitrogens with two attached hydrogens (primary N) is 1. The molecule has 1 aromatic carbocycles. The summed E-state index contributed by atoms with van der Waals surface area (Å²) >= 11 is 3.15. The minimum atomic E-state index is -0.623. The Morgan fingerprint density at radius 3 is 2.79 bits per heavy atom. The van der Waals surface area contributed by atoms with Crippen LogP contribution in [0, 0.1) is 5.82 Å². The zero-order valence-electron chi connectivity index (χ0n) is 9.77. The first kappa shape index (κ1) is 13.5. The van der Waals surface area contributed by atoms with Gasteiger partial charge in [0.15, 0.2) is 0 Å². The van der Waals surface area contributed by atoms with Crippen LogP contribution >= 0.6 is 15.9 Å². The van der Waals surface area contributed by atoms with Gasteiger partial charge in [0.1, 0.15) is 18.1 Å². The number of halogens is 2. The molecule has 0 fully saturated rings. The monoisotopic (exact) mass is 324 g/mol.